The zero-order chi connectivity index (χ0) is 16.2. The van der Waals surface area contributed by atoms with Gasteiger partial charge in [0.2, 0.25) is 5.91 Å². The van der Waals surface area contributed by atoms with Gasteiger partial charge in [-0.3, -0.25) is 9.36 Å². The topological polar surface area (TPSA) is 82.2 Å². The van der Waals surface area contributed by atoms with Crippen LogP contribution in [0, 0.1) is 6.92 Å². The number of carbonyl (C=O) groups excluding carboxylic acids is 1. The molecule has 1 amide bonds. The van der Waals surface area contributed by atoms with E-state index in [-0.39, 0.29) is 5.91 Å². The fraction of sp³-hybridized carbons (Fsp3) is 0.400. The number of morpholine rings is 1. The highest BCUT2D eigenvalue weighted by atomic mass is 32.2. The van der Waals surface area contributed by atoms with E-state index in [0.29, 0.717) is 25.4 Å². The zero-order valence-electron chi connectivity index (χ0n) is 12.8. The fourth-order valence-corrected chi connectivity index (χ4v) is 3.31. The molecule has 2 aromatic rings. The lowest BCUT2D eigenvalue weighted by atomic mass is 10.2. The molecule has 0 saturated carbocycles. The lowest BCUT2D eigenvalue weighted by Gasteiger charge is -2.22. The van der Waals surface area contributed by atoms with Gasteiger partial charge in [-0.25, -0.2) is 0 Å². The fourth-order valence-electron chi connectivity index (χ4n) is 2.34. The first-order valence-electron chi connectivity index (χ1n) is 7.31. The Morgan fingerprint density at radius 1 is 1.57 bits per heavy atom. The second-order valence-electron chi connectivity index (χ2n) is 5.06. The first-order chi connectivity index (χ1) is 11.2. The number of carbonyl (C=O) groups is 1. The predicted octanol–water partition coefficient (Wildman–Crippen LogP) is 1.64. The third-order valence-electron chi connectivity index (χ3n) is 3.50. The summed E-state index contributed by atoms with van der Waals surface area (Å²) >= 11 is 1.45. The Balaban J connectivity index is 1.79. The molecule has 1 atom stereocenters. The Morgan fingerprint density at radius 2 is 2.43 bits per heavy atom. The number of furan rings is 1. The van der Waals surface area contributed by atoms with Crippen molar-refractivity contribution < 1.29 is 13.9 Å². The van der Waals surface area contributed by atoms with E-state index >= 15 is 0 Å². The number of thioether (sulfide) groups is 1. The minimum absolute atomic E-state index is 0.0792. The summed E-state index contributed by atoms with van der Waals surface area (Å²) in [5, 5.41) is 12.0. The second kappa shape index (κ2) is 7.01. The second-order valence-corrected chi connectivity index (χ2v) is 6.04. The third-order valence-corrected chi connectivity index (χ3v) is 4.53. The van der Waals surface area contributed by atoms with Crippen molar-refractivity contribution in [2.75, 3.05) is 18.9 Å². The van der Waals surface area contributed by atoms with Gasteiger partial charge in [-0.05, 0) is 13.0 Å². The third kappa shape index (κ3) is 3.32. The van der Waals surface area contributed by atoms with Gasteiger partial charge >= 0.3 is 0 Å². The highest BCUT2D eigenvalue weighted by molar-refractivity contribution is 7.99. The summed E-state index contributed by atoms with van der Waals surface area (Å²) in [4.78, 5) is 11.7. The van der Waals surface area contributed by atoms with E-state index in [1.165, 1.54) is 11.8 Å². The molecule has 2 aromatic heterocycles. The van der Waals surface area contributed by atoms with Crippen molar-refractivity contribution in [1.29, 1.82) is 0 Å². The van der Waals surface area contributed by atoms with Crippen LogP contribution in [0.3, 0.4) is 0 Å². The summed E-state index contributed by atoms with van der Waals surface area (Å²) in [5.41, 5.74) is 0.901. The molecule has 3 rings (SSSR count). The summed E-state index contributed by atoms with van der Waals surface area (Å²) in [6.45, 7) is 7.35. The maximum atomic E-state index is 11.7. The normalized spacial score (nSPS) is 18.0. The van der Waals surface area contributed by atoms with E-state index in [0.717, 1.165) is 22.3 Å². The quantitative estimate of drug-likeness (QED) is 0.639. The molecule has 1 N–H and O–H groups in total. The molecule has 0 bridgehead atoms. The molecule has 1 fully saturated rings. The van der Waals surface area contributed by atoms with Crippen LogP contribution in [0.4, 0.5) is 0 Å². The van der Waals surface area contributed by atoms with Crippen molar-refractivity contribution in [2.45, 2.75) is 24.7 Å². The molecule has 0 radical (unpaired) electrons. The molecule has 1 aliphatic heterocycles. The summed E-state index contributed by atoms with van der Waals surface area (Å²) in [6.07, 6.45) is 2.96. The monoisotopic (exact) mass is 334 g/mol. The highest BCUT2D eigenvalue weighted by Gasteiger charge is 2.24. The smallest absolute Gasteiger partial charge is 0.250 e. The van der Waals surface area contributed by atoms with Crippen LogP contribution in [0.15, 0.2) is 34.6 Å². The minimum Gasteiger partial charge on any atom is -0.469 e. The average Bonchev–Trinajstić information content (AvgIpc) is 3.13. The number of aryl methyl sites for hydroxylation is 1. The number of ether oxygens (including phenoxy) is 1. The number of hydrogen-bond donors (Lipinski definition) is 1. The summed E-state index contributed by atoms with van der Waals surface area (Å²) in [5.74, 6) is 1.93. The van der Waals surface area contributed by atoms with Crippen LogP contribution < -0.4 is 5.32 Å². The van der Waals surface area contributed by atoms with E-state index in [2.05, 4.69) is 22.1 Å². The Bertz CT molecular complexity index is 709. The van der Waals surface area contributed by atoms with Crippen molar-refractivity contribution in [3.63, 3.8) is 0 Å². The number of rotatable bonds is 6. The van der Waals surface area contributed by atoms with Gasteiger partial charge < -0.3 is 14.5 Å². The molecule has 7 nitrogen and oxygen atoms in total. The van der Waals surface area contributed by atoms with Crippen LogP contribution in [0.5, 0.6) is 0 Å². The Kier molecular flexibility index (Phi) is 4.82. The first kappa shape index (κ1) is 15.8. The number of aromatic nitrogens is 3. The van der Waals surface area contributed by atoms with Crippen molar-refractivity contribution in [2.24, 2.45) is 0 Å². The van der Waals surface area contributed by atoms with E-state index in [9.17, 15) is 4.79 Å². The van der Waals surface area contributed by atoms with Crippen molar-refractivity contribution >= 4 is 17.7 Å². The van der Waals surface area contributed by atoms with Crippen molar-refractivity contribution in [3.05, 3.63) is 30.7 Å². The van der Waals surface area contributed by atoms with Crippen molar-refractivity contribution in [1.82, 2.24) is 20.1 Å². The van der Waals surface area contributed by atoms with Gasteiger partial charge in [0.15, 0.2) is 11.0 Å². The predicted molar refractivity (Wildman–Crippen MR) is 86.1 cm³/mol. The van der Waals surface area contributed by atoms with Gasteiger partial charge in [0, 0.05) is 18.8 Å². The van der Waals surface area contributed by atoms with Gasteiger partial charge in [0.25, 0.3) is 0 Å². The van der Waals surface area contributed by atoms with Crippen LogP contribution in [0.25, 0.3) is 11.4 Å². The maximum absolute atomic E-state index is 11.7. The summed E-state index contributed by atoms with van der Waals surface area (Å²) < 4.78 is 12.8. The molecule has 122 valence electrons. The van der Waals surface area contributed by atoms with Gasteiger partial charge in [-0.1, -0.05) is 17.8 Å². The Hall–Kier alpha value is -2.06. The SMILES string of the molecule is C=CCn1c(SCC2OCCNC2=O)nnc1-c1ccoc1C. The number of hydrogen-bond acceptors (Lipinski definition) is 6. The molecular formula is C15H18N4O3S. The first-order valence-corrected chi connectivity index (χ1v) is 8.30. The van der Waals surface area contributed by atoms with Crippen LogP contribution in [-0.4, -0.2) is 45.7 Å². The van der Waals surface area contributed by atoms with E-state index < -0.39 is 6.10 Å². The van der Waals surface area contributed by atoms with Gasteiger partial charge in [-0.15, -0.1) is 16.8 Å². The molecule has 0 spiro atoms. The number of amides is 1. The standard InChI is InChI=1S/C15H18N4O3S/c1-3-6-19-13(11-4-7-21-10(11)2)17-18-15(19)23-9-12-14(20)16-5-8-22-12/h3-4,7,12H,1,5-6,8-9H2,2H3,(H,16,20). The highest BCUT2D eigenvalue weighted by Crippen LogP contribution is 2.27. The zero-order valence-corrected chi connectivity index (χ0v) is 13.6. The van der Waals surface area contributed by atoms with E-state index in [1.54, 1.807) is 12.3 Å². The molecule has 1 saturated heterocycles. The van der Waals surface area contributed by atoms with Gasteiger partial charge in [0.1, 0.15) is 11.9 Å². The molecule has 1 aliphatic rings. The number of nitrogens with zero attached hydrogens (tertiary/aromatic N) is 3. The molecule has 3 heterocycles. The van der Waals surface area contributed by atoms with E-state index in [4.69, 9.17) is 9.15 Å². The Labute approximate surface area is 138 Å². The van der Waals surface area contributed by atoms with Crippen LogP contribution >= 0.6 is 11.8 Å². The number of allylic oxidation sites excluding steroid dienone is 1. The van der Waals surface area contributed by atoms with Gasteiger partial charge in [0.05, 0.1) is 18.4 Å². The Morgan fingerprint density at radius 3 is 3.13 bits per heavy atom. The molecule has 0 aromatic carbocycles. The van der Waals surface area contributed by atoms with Crippen LogP contribution in [0.1, 0.15) is 5.76 Å². The largest absolute Gasteiger partial charge is 0.469 e. The molecule has 8 heteroatoms. The average molecular weight is 334 g/mol. The molecular weight excluding hydrogens is 316 g/mol. The number of nitrogens with one attached hydrogen (secondary N) is 1. The lowest BCUT2D eigenvalue weighted by Crippen LogP contribution is -2.45. The molecule has 1 unspecified atom stereocenters. The van der Waals surface area contributed by atoms with Crippen LogP contribution in [-0.2, 0) is 16.1 Å². The molecule has 0 aliphatic carbocycles. The maximum Gasteiger partial charge on any atom is 0.250 e. The molecule has 23 heavy (non-hydrogen) atoms. The van der Waals surface area contributed by atoms with E-state index in [1.807, 2.05) is 17.6 Å². The van der Waals surface area contributed by atoms with Crippen molar-refractivity contribution in [3.8, 4) is 11.4 Å². The minimum atomic E-state index is -0.457. The lowest BCUT2D eigenvalue weighted by molar-refractivity contribution is -0.135. The summed E-state index contributed by atoms with van der Waals surface area (Å²) in [7, 11) is 0. The van der Waals surface area contributed by atoms with Crippen LogP contribution in [0.2, 0.25) is 0 Å². The van der Waals surface area contributed by atoms with Gasteiger partial charge in [-0.2, -0.15) is 0 Å². The summed E-state index contributed by atoms with van der Waals surface area (Å²) in [6, 6.07) is 1.87.